The van der Waals surface area contributed by atoms with E-state index in [4.69, 9.17) is 4.74 Å². The van der Waals surface area contributed by atoms with E-state index in [1.807, 2.05) is 13.8 Å². The number of ether oxygens (including phenoxy) is 1. The van der Waals surface area contributed by atoms with Crippen molar-refractivity contribution in [2.75, 3.05) is 25.9 Å². The lowest BCUT2D eigenvalue weighted by Crippen LogP contribution is -2.54. The third kappa shape index (κ3) is 3.27. The SMILES string of the molecule is C[C@@H]1CN(C(=O)[C@H]2CCCN2S(C)(=O)=O)C[C@@H](C)O1. The number of hydrogen-bond donors (Lipinski definition) is 0. The van der Waals surface area contributed by atoms with Crippen LogP contribution in [-0.2, 0) is 19.6 Å². The molecule has 2 aliphatic rings. The molecular weight excluding hydrogens is 268 g/mol. The lowest BCUT2D eigenvalue weighted by molar-refractivity contribution is -0.146. The van der Waals surface area contributed by atoms with E-state index in [-0.39, 0.29) is 18.1 Å². The fourth-order valence-electron chi connectivity index (χ4n) is 2.95. The second-order valence-electron chi connectivity index (χ2n) is 5.53. The minimum absolute atomic E-state index is 0.000728. The van der Waals surface area contributed by atoms with E-state index in [1.165, 1.54) is 10.6 Å². The number of carbonyl (C=O) groups is 1. The van der Waals surface area contributed by atoms with Crippen LogP contribution in [0.2, 0.25) is 0 Å². The van der Waals surface area contributed by atoms with Crippen LogP contribution in [0.5, 0.6) is 0 Å². The number of amides is 1. The summed E-state index contributed by atoms with van der Waals surface area (Å²) in [5, 5.41) is 0. The fraction of sp³-hybridized carbons (Fsp3) is 0.917. The van der Waals surface area contributed by atoms with Crippen LogP contribution in [0.3, 0.4) is 0 Å². The quantitative estimate of drug-likeness (QED) is 0.720. The first kappa shape index (κ1) is 14.7. The van der Waals surface area contributed by atoms with E-state index < -0.39 is 16.1 Å². The Morgan fingerprint density at radius 3 is 2.32 bits per heavy atom. The van der Waals surface area contributed by atoms with Crippen LogP contribution in [-0.4, -0.2) is 67.7 Å². The highest BCUT2D eigenvalue weighted by atomic mass is 32.2. The lowest BCUT2D eigenvalue weighted by Gasteiger charge is -2.37. The molecule has 2 saturated heterocycles. The monoisotopic (exact) mass is 290 g/mol. The van der Waals surface area contributed by atoms with Gasteiger partial charge in [0.25, 0.3) is 0 Å². The normalized spacial score (nSPS) is 33.6. The molecule has 0 spiro atoms. The Bertz CT molecular complexity index is 441. The molecule has 19 heavy (non-hydrogen) atoms. The summed E-state index contributed by atoms with van der Waals surface area (Å²) in [6.45, 7) is 5.39. The third-order valence-corrected chi connectivity index (χ3v) is 4.94. The van der Waals surface area contributed by atoms with Gasteiger partial charge in [0.2, 0.25) is 15.9 Å². The molecule has 0 aromatic carbocycles. The molecule has 0 aromatic rings. The Morgan fingerprint density at radius 1 is 1.21 bits per heavy atom. The van der Waals surface area contributed by atoms with Gasteiger partial charge in [-0.15, -0.1) is 0 Å². The maximum Gasteiger partial charge on any atom is 0.241 e. The first-order valence-electron chi connectivity index (χ1n) is 6.70. The Hall–Kier alpha value is -0.660. The second-order valence-corrected chi connectivity index (χ2v) is 7.47. The number of morpholine rings is 1. The average molecular weight is 290 g/mol. The van der Waals surface area contributed by atoms with Gasteiger partial charge in [-0.2, -0.15) is 4.31 Å². The van der Waals surface area contributed by atoms with Crippen LogP contribution < -0.4 is 0 Å². The molecule has 2 fully saturated rings. The number of carbonyl (C=O) groups excluding carboxylic acids is 1. The van der Waals surface area contributed by atoms with Crippen molar-refractivity contribution in [3.8, 4) is 0 Å². The predicted octanol–water partition coefficient (Wildman–Crippen LogP) is 0.0462. The van der Waals surface area contributed by atoms with E-state index in [0.29, 0.717) is 26.1 Å². The third-order valence-electron chi connectivity index (χ3n) is 3.65. The van der Waals surface area contributed by atoms with Gasteiger partial charge in [-0.1, -0.05) is 0 Å². The van der Waals surface area contributed by atoms with Gasteiger partial charge in [-0.25, -0.2) is 8.42 Å². The predicted molar refractivity (Wildman–Crippen MR) is 71.2 cm³/mol. The van der Waals surface area contributed by atoms with Crippen molar-refractivity contribution in [2.24, 2.45) is 0 Å². The summed E-state index contributed by atoms with van der Waals surface area (Å²) in [5.74, 6) is -0.0788. The second kappa shape index (κ2) is 5.38. The zero-order valence-corrected chi connectivity index (χ0v) is 12.5. The Kier molecular flexibility index (Phi) is 4.17. The van der Waals surface area contributed by atoms with Crippen LogP contribution in [0, 0.1) is 0 Å². The molecule has 3 atom stereocenters. The van der Waals surface area contributed by atoms with Crippen molar-refractivity contribution in [1.82, 2.24) is 9.21 Å². The number of sulfonamides is 1. The van der Waals surface area contributed by atoms with E-state index in [9.17, 15) is 13.2 Å². The van der Waals surface area contributed by atoms with E-state index in [0.717, 1.165) is 6.42 Å². The lowest BCUT2D eigenvalue weighted by atomic mass is 10.1. The van der Waals surface area contributed by atoms with Crippen LogP contribution in [0.4, 0.5) is 0 Å². The molecule has 110 valence electrons. The van der Waals surface area contributed by atoms with Crippen molar-refractivity contribution >= 4 is 15.9 Å². The fourth-order valence-corrected chi connectivity index (χ4v) is 4.07. The van der Waals surface area contributed by atoms with Gasteiger partial charge in [0, 0.05) is 19.6 Å². The minimum Gasteiger partial charge on any atom is -0.372 e. The minimum atomic E-state index is -3.31. The van der Waals surface area contributed by atoms with E-state index in [1.54, 1.807) is 4.90 Å². The first-order valence-corrected chi connectivity index (χ1v) is 8.55. The van der Waals surface area contributed by atoms with E-state index >= 15 is 0 Å². The van der Waals surface area contributed by atoms with Gasteiger partial charge in [0.15, 0.2) is 0 Å². The Labute approximate surface area is 114 Å². The number of nitrogens with zero attached hydrogens (tertiary/aromatic N) is 2. The summed E-state index contributed by atoms with van der Waals surface area (Å²) in [6.07, 6.45) is 2.54. The van der Waals surface area contributed by atoms with Crippen molar-refractivity contribution < 1.29 is 17.9 Å². The van der Waals surface area contributed by atoms with E-state index in [2.05, 4.69) is 0 Å². The maximum absolute atomic E-state index is 12.5. The molecule has 0 saturated carbocycles. The molecule has 0 unspecified atom stereocenters. The number of rotatable bonds is 2. The molecule has 2 aliphatic heterocycles. The molecule has 0 radical (unpaired) electrons. The molecule has 7 heteroatoms. The van der Waals surface area contributed by atoms with Crippen LogP contribution in [0.1, 0.15) is 26.7 Å². The highest BCUT2D eigenvalue weighted by Gasteiger charge is 2.40. The van der Waals surface area contributed by atoms with Crippen molar-refractivity contribution in [3.05, 3.63) is 0 Å². The topological polar surface area (TPSA) is 66.9 Å². The standard InChI is InChI=1S/C12H22N2O4S/c1-9-7-13(8-10(2)18-9)12(15)11-5-4-6-14(11)19(3,16)17/h9-11H,4-8H2,1-3H3/t9-,10-,11-/m1/s1. The average Bonchev–Trinajstić information content (AvgIpc) is 2.74. The van der Waals surface area contributed by atoms with Gasteiger partial charge in [0.1, 0.15) is 6.04 Å². The van der Waals surface area contributed by atoms with Crippen molar-refractivity contribution in [1.29, 1.82) is 0 Å². The molecule has 0 bridgehead atoms. The summed E-state index contributed by atoms with van der Waals surface area (Å²) in [6, 6.07) is -0.521. The van der Waals surface area contributed by atoms with Crippen LogP contribution in [0.15, 0.2) is 0 Å². The first-order chi connectivity index (χ1) is 8.79. The van der Waals surface area contributed by atoms with Gasteiger partial charge < -0.3 is 9.64 Å². The molecule has 1 amide bonds. The zero-order chi connectivity index (χ0) is 14.2. The Balaban J connectivity index is 2.10. The highest BCUT2D eigenvalue weighted by molar-refractivity contribution is 7.88. The van der Waals surface area contributed by atoms with Crippen molar-refractivity contribution in [3.63, 3.8) is 0 Å². The highest BCUT2D eigenvalue weighted by Crippen LogP contribution is 2.23. The summed E-state index contributed by atoms with van der Waals surface area (Å²) < 4.78 is 30.3. The van der Waals surface area contributed by atoms with Gasteiger partial charge in [0.05, 0.1) is 18.5 Å². The van der Waals surface area contributed by atoms with Crippen molar-refractivity contribution in [2.45, 2.75) is 44.9 Å². The summed E-state index contributed by atoms with van der Waals surface area (Å²) in [5.41, 5.74) is 0. The molecule has 0 aliphatic carbocycles. The van der Waals surface area contributed by atoms with Gasteiger partial charge in [-0.3, -0.25) is 4.79 Å². The summed E-state index contributed by atoms with van der Waals surface area (Å²) in [7, 11) is -3.31. The van der Waals surface area contributed by atoms with Gasteiger partial charge >= 0.3 is 0 Å². The maximum atomic E-state index is 12.5. The molecule has 2 rings (SSSR count). The summed E-state index contributed by atoms with van der Waals surface area (Å²) >= 11 is 0. The summed E-state index contributed by atoms with van der Waals surface area (Å²) in [4.78, 5) is 14.3. The van der Waals surface area contributed by atoms with Crippen LogP contribution >= 0.6 is 0 Å². The largest absolute Gasteiger partial charge is 0.372 e. The molecule has 2 heterocycles. The van der Waals surface area contributed by atoms with Gasteiger partial charge in [-0.05, 0) is 26.7 Å². The van der Waals surface area contributed by atoms with Crippen LogP contribution in [0.25, 0.3) is 0 Å². The smallest absolute Gasteiger partial charge is 0.241 e. The number of hydrogen-bond acceptors (Lipinski definition) is 4. The zero-order valence-electron chi connectivity index (χ0n) is 11.7. The molecule has 0 aromatic heterocycles. The molecule has 6 nitrogen and oxygen atoms in total. The molecule has 0 N–H and O–H groups in total. The Morgan fingerprint density at radius 2 is 1.79 bits per heavy atom. The molecular formula is C12H22N2O4S.